The largest absolute Gasteiger partial charge is 0.459 e. The normalized spacial score (nSPS) is 57.4. The van der Waals surface area contributed by atoms with Crippen LogP contribution in [0.5, 0.6) is 0 Å². The first-order chi connectivity index (χ1) is 17.9. The number of carbonyl (C=O) groups excluding carboxylic acids is 2. The predicted octanol–water partition coefficient (Wildman–Crippen LogP) is 0.661. The Kier molecular flexibility index (Phi) is 5.92. The third kappa shape index (κ3) is 2.71. The molecule has 3 N–H and O–H groups in total. The molecule has 1 heterocycles. The summed E-state index contributed by atoms with van der Waals surface area (Å²) in [5.41, 5.74) is -3.96. The third-order valence-corrected chi connectivity index (χ3v) is 12.3. The summed E-state index contributed by atoms with van der Waals surface area (Å²) in [7, 11) is 4.87. The first-order valence-electron chi connectivity index (χ1n) is 14.1. The molecule has 10 nitrogen and oxygen atoms in total. The van der Waals surface area contributed by atoms with Crippen LogP contribution in [-0.4, -0.2) is 97.8 Å². The van der Waals surface area contributed by atoms with Crippen LogP contribution < -0.4 is 5.32 Å². The van der Waals surface area contributed by atoms with Crippen LogP contribution >= 0.6 is 0 Å². The third-order valence-electron chi connectivity index (χ3n) is 12.3. The molecular weight excluding hydrogens is 494 g/mol. The maximum atomic E-state index is 13.1. The Labute approximate surface area is 224 Å². The molecule has 214 valence electrons. The monoisotopic (exact) mass is 537 g/mol. The average Bonchev–Trinajstić information content (AvgIpc) is 3.21. The van der Waals surface area contributed by atoms with Crippen LogP contribution in [-0.2, 0) is 33.3 Å². The minimum absolute atomic E-state index is 0.0221. The lowest BCUT2D eigenvalue weighted by Crippen LogP contribution is -2.80. The molecule has 15 atom stereocenters. The topological polar surface area (TPSA) is 133 Å². The molecule has 1 spiro atoms. The number of hydrogen-bond donors (Lipinski definition) is 3. The van der Waals surface area contributed by atoms with Crippen molar-refractivity contribution in [2.45, 2.75) is 94.7 Å². The summed E-state index contributed by atoms with van der Waals surface area (Å²) in [6.45, 7) is 7.89. The molecular formula is C28H43NO9. The van der Waals surface area contributed by atoms with E-state index < -0.39 is 58.7 Å². The minimum atomic E-state index is -1.69. The molecule has 5 saturated carbocycles. The van der Waals surface area contributed by atoms with Crippen molar-refractivity contribution >= 4 is 11.9 Å². The predicted molar refractivity (Wildman–Crippen MR) is 133 cm³/mol. The summed E-state index contributed by atoms with van der Waals surface area (Å²) in [4.78, 5) is 24.9. The van der Waals surface area contributed by atoms with E-state index >= 15 is 0 Å². The molecule has 0 aromatic heterocycles. The standard InChI is InChI=1S/C28H43NO9/c1-8-25-11-29-21-18-19(35-6)20(25)27(21,16(34-5)9-12(25)2)15-10-26(32)22(37-13(3)30)17(15)28(18,33)24(23(26)36-7)38-14(4)31/h12,15-24,29,32-33H,8-11H2,1-7H3/t12-,15-,16+,17-,18?,19+,20-,21-,22-,23+,24+,25-,26-,27+,28-/m1/s1. The summed E-state index contributed by atoms with van der Waals surface area (Å²) < 4.78 is 30.3. The van der Waals surface area contributed by atoms with Crippen LogP contribution in [0.25, 0.3) is 0 Å². The van der Waals surface area contributed by atoms with Gasteiger partial charge in [0.1, 0.15) is 23.4 Å². The van der Waals surface area contributed by atoms with E-state index in [9.17, 15) is 19.8 Å². The summed E-state index contributed by atoms with van der Waals surface area (Å²) in [5, 5.41) is 29.3. The SMILES string of the molecule is CC[C@]12CN[C@@H]3C4[C@H](OC)[C@H]1[C@@]3([C@@H](OC)C[C@H]2C)[C@@H]1C[C@@]2(O)[C@H](OC(C)=O)[C@@H]1[C@]4(O)[C@@H](OC(C)=O)[C@@H]2OC. The van der Waals surface area contributed by atoms with E-state index in [1.165, 1.54) is 21.0 Å². The Bertz CT molecular complexity index is 1020. The van der Waals surface area contributed by atoms with Crippen molar-refractivity contribution in [1.29, 1.82) is 0 Å². The van der Waals surface area contributed by atoms with Gasteiger partial charge in [0.15, 0.2) is 6.10 Å². The van der Waals surface area contributed by atoms with Crippen LogP contribution in [0.2, 0.25) is 0 Å². The molecule has 6 fully saturated rings. The Morgan fingerprint density at radius 3 is 2.16 bits per heavy atom. The number of nitrogens with one attached hydrogen (secondary N) is 1. The molecule has 0 amide bonds. The number of ether oxygens (including phenoxy) is 5. The summed E-state index contributed by atoms with van der Waals surface area (Å²) in [6.07, 6.45) is -1.84. The van der Waals surface area contributed by atoms with Gasteiger partial charge in [-0.15, -0.1) is 0 Å². The maximum Gasteiger partial charge on any atom is 0.303 e. The van der Waals surface area contributed by atoms with Gasteiger partial charge >= 0.3 is 11.9 Å². The maximum absolute atomic E-state index is 13.1. The lowest BCUT2D eigenvalue weighted by molar-refractivity contribution is -0.310. The molecule has 7 bridgehead atoms. The number of carbonyl (C=O) groups is 2. The molecule has 38 heavy (non-hydrogen) atoms. The van der Waals surface area contributed by atoms with Gasteiger partial charge in [0, 0.05) is 70.9 Å². The van der Waals surface area contributed by atoms with Crippen LogP contribution in [0.15, 0.2) is 0 Å². The molecule has 1 aliphatic heterocycles. The van der Waals surface area contributed by atoms with Gasteiger partial charge in [0.2, 0.25) is 0 Å². The van der Waals surface area contributed by atoms with E-state index in [1.54, 1.807) is 14.2 Å². The van der Waals surface area contributed by atoms with Crippen molar-refractivity contribution in [1.82, 2.24) is 5.32 Å². The number of aliphatic hydroxyl groups is 2. The minimum Gasteiger partial charge on any atom is -0.459 e. The van der Waals surface area contributed by atoms with Gasteiger partial charge in [-0.05, 0) is 36.5 Å². The van der Waals surface area contributed by atoms with Crippen LogP contribution in [0.3, 0.4) is 0 Å². The quantitative estimate of drug-likeness (QED) is 0.415. The molecule has 6 rings (SSSR count). The Morgan fingerprint density at radius 1 is 0.947 bits per heavy atom. The first-order valence-corrected chi connectivity index (χ1v) is 14.1. The second kappa shape index (κ2) is 8.36. The van der Waals surface area contributed by atoms with Crippen molar-refractivity contribution in [3.8, 4) is 0 Å². The van der Waals surface area contributed by atoms with E-state index in [0.29, 0.717) is 5.92 Å². The van der Waals surface area contributed by atoms with E-state index in [-0.39, 0.29) is 41.9 Å². The Morgan fingerprint density at radius 2 is 1.61 bits per heavy atom. The zero-order valence-corrected chi connectivity index (χ0v) is 23.4. The summed E-state index contributed by atoms with van der Waals surface area (Å²) >= 11 is 0. The Balaban J connectivity index is 1.66. The molecule has 5 aliphatic carbocycles. The van der Waals surface area contributed by atoms with Crippen molar-refractivity contribution in [2.24, 2.45) is 40.4 Å². The fourth-order valence-corrected chi connectivity index (χ4v) is 11.4. The number of piperidine rings is 1. The fraction of sp³-hybridized carbons (Fsp3) is 0.929. The van der Waals surface area contributed by atoms with Gasteiger partial charge in [0.05, 0.1) is 12.2 Å². The highest BCUT2D eigenvalue weighted by molar-refractivity contribution is 5.67. The number of esters is 2. The molecule has 1 saturated heterocycles. The van der Waals surface area contributed by atoms with E-state index in [0.717, 1.165) is 19.4 Å². The average molecular weight is 538 g/mol. The van der Waals surface area contributed by atoms with Crippen molar-refractivity contribution in [2.75, 3.05) is 27.9 Å². The lowest BCUT2D eigenvalue weighted by atomic mass is 9.41. The number of rotatable bonds is 6. The highest BCUT2D eigenvalue weighted by atomic mass is 16.6. The zero-order valence-electron chi connectivity index (χ0n) is 23.4. The van der Waals surface area contributed by atoms with Gasteiger partial charge < -0.3 is 39.2 Å². The molecule has 1 unspecified atom stereocenters. The van der Waals surface area contributed by atoms with E-state index in [1.807, 2.05) is 0 Å². The van der Waals surface area contributed by atoms with Gasteiger partial charge in [0.25, 0.3) is 0 Å². The highest BCUT2D eigenvalue weighted by Gasteiger charge is 2.90. The number of fused-ring (bicyclic) bond motifs is 2. The summed E-state index contributed by atoms with van der Waals surface area (Å²) in [5.74, 6) is -2.29. The molecule has 6 aliphatic rings. The van der Waals surface area contributed by atoms with Crippen molar-refractivity contribution < 1.29 is 43.5 Å². The molecule has 0 radical (unpaired) electrons. The smallest absolute Gasteiger partial charge is 0.303 e. The van der Waals surface area contributed by atoms with Gasteiger partial charge in [-0.1, -0.05) is 13.8 Å². The second-order valence-corrected chi connectivity index (χ2v) is 12.9. The zero-order chi connectivity index (χ0) is 27.6. The van der Waals surface area contributed by atoms with Gasteiger partial charge in [-0.25, -0.2) is 0 Å². The summed E-state index contributed by atoms with van der Waals surface area (Å²) in [6, 6.07) is -0.213. The van der Waals surface area contributed by atoms with Gasteiger partial charge in [-0.3, -0.25) is 9.59 Å². The number of methoxy groups -OCH3 is 3. The lowest BCUT2D eigenvalue weighted by Gasteiger charge is -2.68. The molecule has 0 aromatic rings. The highest BCUT2D eigenvalue weighted by Crippen LogP contribution is 2.80. The first kappa shape index (κ1) is 26.9. The number of hydrogen-bond acceptors (Lipinski definition) is 10. The van der Waals surface area contributed by atoms with Crippen molar-refractivity contribution in [3.63, 3.8) is 0 Å². The van der Waals surface area contributed by atoms with Crippen LogP contribution in [0.1, 0.15) is 47.0 Å². The van der Waals surface area contributed by atoms with Crippen molar-refractivity contribution in [3.05, 3.63) is 0 Å². The van der Waals surface area contributed by atoms with Crippen LogP contribution in [0.4, 0.5) is 0 Å². The van der Waals surface area contributed by atoms with Crippen LogP contribution in [0, 0.1) is 40.4 Å². The van der Waals surface area contributed by atoms with E-state index in [4.69, 9.17) is 23.7 Å². The fourth-order valence-electron chi connectivity index (χ4n) is 11.4. The molecule has 10 heteroatoms. The van der Waals surface area contributed by atoms with E-state index in [2.05, 4.69) is 19.2 Å². The Hall–Kier alpha value is -1.30. The second-order valence-electron chi connectivity index (χ2n) is 12.9. The van der Waals surface area contributed by atoms with Gasteiger partial charge in [-0.2, -0.15) is 0 Å². The molecule has 0 aromatic carbocycles.